The van der Waals surface area contributed by atoms with Crippen LogP contribution in [0.2, 0.25) is 0 Å². The summed E-state index contributed by atoms with van der Waals surface area (Å²) >= 11 is 0. The molecule has 0 atom stereocenters. The molecule has 0 spiro atoms. The predicted octanol–water partition coefficient (Wildman–Crippen LogP) is 6.08. The number of hydrogen-bond acceptors (Lipinski definition) is 2. The number of anilines is 1. The standard InChI is InChI=1S/C27H29NO2/c1-16(2)20-3-6-22(7-4-20)28-25(29)23-8-5-21(12-24(23)26(28)30)27-13-17-9-18(14-27)11-19(10-17)15-27/h3-8,12,16-19H,9-11,13-15H2,1-2H3. The second-order valence-electron chi connectivity index (χ2n) is 10.7. The van der Waals surface area contributed by atoms with Crippen LogP contribution in [0.4, 0.5) is 5.69 Å². The highest BCUT2D eigenvalue weighted by Crippen LogP contribution is 2.60. The van der Waals surface area contributed by atoms with Crippen LogP contribution in [0, 0.1) is 17.8 Å². The topological polar surface area (TPSA) is 37.4 Å². The molecule has 0 saturated heterocycles. The average molecular weight is 400 g/mol. The minimum absolute atomic E-state index is 0.168. The lowest BCUT2D eigenvalue weighted by molar-refractivity contribution is -0.00520. The summed E-state index contributed by atoms with van der Waals surface area (Å²) in [6.07, 6.45) is 8.01. The van der Waals surface area contributed by atoms with Crippen LogP contribution in [0.25, 0.3) is 0 Å². The van der Waals surface area contributed by atoms with Gasteiger partial charge in [0, 0.05) is 0 Å². The fraction of sp³-hybridized carbons (Fsp3) is 0.481. The van der Waals surface area contributed by atoms with Crippen molar-refractivity contribution in [2.45, 2.75) is 63.7 Å². The fourth-order valence-corrected chi connectivity index (χ4v) is 7.28. The molecule has 0 aromatic heterocycles. The molecule has 154 valence electrons. The van der Waals surface area contributed by atoms with Crippen molar-refractivity contribution in [2.75, 3.05) is 4.90 Å². The van der Waals surface area contributed by atoms with Gasteiger partial charge in [-0.25, -0.2) is 4.90 Å². The van der Waals surface area contributed by atoms with E-state index >= 15 is 0 Å². The molecule has 4 bridgehead atoms. The molecule has 2 amide bonds. The molecule has 5 aliphatic rings. The number of amides is 2. The van der Waals surface area contributed by atoms with Crippen LogP contribution in [0.1, 0.15) is 90.1 Å². The minimum Gasteiger partial charge on any atom is -0.268 e. The van der Waals surface area contributed by atoms with E-state index in [4.69, 9.17) is 0 Å². The molecule has 0 unspecified atom stereocenters. The van der Waals surface area contributed by atoms with Crippen LogP contribution in [-0.4, -0.2) is 11.8 Å². The molecule has 4 aliphatic carbocycles. The quantitative estimate of drug-likeness (QED) is 0.587. The normalized spacial score (nSPS) is 31.7. The van der Waals surface area contributed by atoms with Gasteiger partial charge in [-0.2, -0.15) is 0 Å². The maximum Gasteiger partial charge on any atom is 0.266 e. The third kappa shape index (κ3) is 2.57. The van der Waals surface area contributed by atoms with Crippen LogP contribution in [-0.2, 0) is 5.41 Å². The van der Waals surface area contributed by atoms with Crippen LogP contribution in [0.3, 0.4) is 0 Å². The van der Waals surface area contributed by atoms with Gasteiger partial charge in [0.05, 0.1) is 16.8 Å². The number of rotatable bonds is 3. The molecule has 1 aliphatic heterocycles. The Kier molecular flexibility index (Phi) is 3.85. The zero-order chi connectivity index (χ0) is 20.6. The summed E-state index contributed by atoms with van der Waals surface area (Å²) in [4.78, 5) is 27.8. The van der Waals surface area contributed by atoms with Crippen molar-refractivity contribution in [3.8, 4) is 0 Å². The number of hydrogen-bond donors (Lipinski definition) is 0. The molecule has 3 heteroatoms. The first-order valence-electron chi connectivity index (χ1n) is 11.6. The van der Waals surface area contributed by atoms with Crippen molar-refractivity contribution >= 4 is 17.5 Å². The zero-order valence-electron chi connectivity index (χ0n) is 17.9. The van der Waals surface area contributed by atoms with Gasteiger partial charge >= 0.3 is 0 Å². The van der Waals surface area contributed by atoms with Crippen molar-refractivity contribution in [3.05, 3.63) is 64.7 Å². The molecule has 1 heterocycles. The highest BCUT2D eigenvalue weighted by Gasteiger charge is 2.52. The first kappa shape index (κ1) is 18.4. The Bertz CT molecular complexity index is 1010. The van der Waals surface area contributed by atoms with Gasteiger partial charge in [0.25, 0.3) is 11.8 Å². The van der Waals surface area contributed by atoms with Crippen molar-refractivity contribution in [1.82, 2.24) is 0 Å². The first-order valence-corrected chi connectivity index (χ1v) is 11.6. The Morgan fingerprint density at radius 1 is 0.800 bits per heavy atom. The highest BCUT2D eigenvalue weighted by molar-refractivity contribution is 6.34. The molecule has 30 heavy (non-hydrogen) atoms. The van der Waals surface area contributed by atoms with E-state index in [-0.39, 0.29) is 17.2 Å². The summed E-state index contributed by atoms with van der Waals surface area (Å²) in [7, 11) is 0. The predicted molar refractivity (Wildman–Crippen MR) is 118 cm³/mol. The smallest absolute Gasteiger partial charge is 0.266 e. The Morgan fingerprint density at radius 3 is 1.93 bits per heavy atom. The Labute approximate surface area is 178 Å². The second kappa shape index (κ2) is 6.29. The number of carbonyl (C=O) groups excluding carboxylic acids is 2. The van der Waals surface area contributed by atoms with E-state index in [0.29, 0.717) is 22.7 Å². The summed E-state index contributed by atoms with van der Waals surface area (Å²) in [5.74, 6) is 2.64. The molecule has 4 fully saturated rings. The highest BCUT2D eigenvalue weighted by atomic mass is 16.2. The summed E-state index contributed by atoms with van der Waals surface area (Å²) < 4.78 is 0. The number of fused-ring (bicyclic) bond motifs is 1. The number of imide groups is 1. The van der Waals surface area contributed by atoms with Crippen molar-refractivity contribution < 1.29 is 9.59 Å². The lowest BCUT2D eigenvalue weighted by Gasteiger charge is -2.57. The van der Waals surface area contributed by atoms with Crippen molar-refractivity contribution in [1.29, 1.82) is 0 Å². The third-order valence-electron chi connectivity index (χ3n) is 8.36. The Hall–Kier alpha value is -2.42. The molecular formula is C27H29NO2. The van der Waals surface area contributed by atoms with E-state index < -0.39 is 0 Å². The van der Waals surface area contributed by atoms with Crippen molar-refractivity contribution in [2.24, 2.45) is 17.8 Å². The average Bonchev–Trinajstić information content (AvgIpc) is 2.97. The van der Waals surface area contributed by atoms with E-state index in [1.807, 2.05) is 30.3 Å². The summed E-state index contributed by atoms with van der Waals surface area (Å²) in [5, 5.41) is 0. The van der Waals surface area contributed by atoms with Gasteiger partial charge in [0.15, 0.2) is 0 Å². The summed E-state index contributed by atoms with van der Waals surface area (Å²) in [6.45, 7) is 4.28. The number of benzene rings is 2. The number of carbonyl (C=O) groups is 2. The molecular weight excluding hydrogens is 370 g/mol. The van der Waals surface area contributed by atoms with Gasteiger partial charge in [-0.05, 0) is 103 Å². The first-order chi connectivity index (χ1) is 14.4. The Morgan fingerprint density at radius 2 is 1.37 bits per heavy atom. The van der Waals surface area contributed by atoms with Crippen LogP contribution >= 0.6 is 0 Å². The molecule has 2 aromatic carbocycles. The SMILES string of the molecule is CC(C)c1ccc(N2C(=O)c3ccc(C45CC6CC(CC(C6)C4)C5)cc3C2=O)cc1. The number of nitrogens with zero attached hydrogens (tertiary/aromatic N) is 1. The van der Waals surface area contributed by atoms with Crippen LogP contribution < -0.4 is 4.90 Å². The summed E-state index contributed by atoms with van der Waals surface area (Å²) in [6, 6.07) is 14.0. The maximum absolute atomic E-state index is 13.3. The molecule has 3 nitrogen and oxygen atoms in total. The van der Waals surface area contributed by atoms with Gasteiger partial charge in [0.2, 0.25) is 0 Å². The fourth-order valence-electron chi connectivity index (χ4n) is 7.28. The molecule has 0 radical (unpaired) electrons. The summed E-state index contributed by atoms with van der Waals surface area (Å²) in [5.41, 5.74) is 4.57. The molecule has 7 rings (SSSR count). The molecule has 0 N–H and O–H groups in total. The maximum atomic E-state index is 13.3. The zero-order valence-corrected chi connectivity index (χ0v) is 17.9. The van der Waals surface area contributed by atoms with Crippen molar-refractivity contribution in [3.63, 3.8) is 0 Å². The third-order valence-corrected chi connectivity index (χ3v) is 8.36. The van der Waals surface area contributed by atoms with E-state index in [1.54, 1.807) is 0 Å². The lowest BCUT2D eigenvalue weighted by Crippen LogP contribution is -2.48. The van der Waals surface area contributed by atoms with Gasteiger partial charge < -0.3 is 0 Å². The van der Waals surface area contributed by atoms with Gasteiger partial charge in [0.1, 0.15) is 0 Å². The van der Waals surface area contributed by atoms with E-state index in [2.05, 4.69) is 26.0 Å². The second-order valence-corrected chi connectivity index (χ2v) is 10.7. The Balaban J connectivity index is 1.35. The largest absolute Gasteiger partial charge is 0.268 e. The monoisotopic (exact) mass is 399 g/mol. The van der Waals surface area contributed by atoms with E-state index in [1.165, 1.54) is 54.6 Å². The van der Waals surface area contributed by atoms with Gasteiger partial charge in [-0.15, -0.1) is 0 Å². The minimum atomic E-state index is -0.190. The molecule has 4 saturated carbocycles. The molecule has 2 aromatic rings. The van der Waals surface area contributed by atoms with E-state index in [0.717, 1.165) is 17.8 Å². The van der Waals surface area contributed by atoms with Gasteiger partial charge in [-0.3, -0.25) is 9.59 Å². The lowest BCUT2D eigenvalue weighted by atomic mass is 9.48. The van der Waals surface area contributed by atoms with Crippen LogP contribution in [0.15, 0.2) is 42.5 Å². The van der Waals surface area contributed by atoms with Crippen LogP contribution in [0.5, 0.6) is 0 Å². The van der Waals surface area contributed by atoms with E-state index in [9.17, 15) is 9.59 Å². The van der Waals surface area contributed by atoms with Gasteiger partial charge in [-0.1, -0.05) is 32.0 Å².